The van der Waals surface area contributed by atoms with Gasteiger partial charge in [0.2, 0.25) is 5.91 Å². The second-order valence-electron chi connectivity index (χ2n) is 4.79. The van der Waals surface area contributed by atoms with E-state index < -0.39 is 5.38 Å². The lowest BCUT2D eigenvalue weighted by Gasteiger charge is -2.15. The van der Waals surface area contributed by atoms with Gasteiger partial charge in [-0.1, -0.05) is 12.1 Å². The minimum absolute atomic E-state index is 0.163. The van der Waals surface area contributed by atoms with Gasteiger partial charge in [-0.05, 0) is 50.6 Å². The lowest BCUT2D eigenvalue weighted by atomic mass is 10.2. The topological polar surface area (TPSA) is 32.3 Å². The Morgan fingerprint density at radius 2 is 1.94 bits per heavy atom. The van der Waals surface area contributed by atoms with Crippen LogP contribution in [0.4, 0.5) is 5.69 Å². The Morgan fingerprint density at radius 1 is 1.33 bits per heavy atom. The van der Waals surface area contributed by atoms with E-state index in [9.17, 15) is 4.79 Å². The highest BCUT2D eigenvalue weighted by Crippen LogP contribution is 2.15. The van der Waals surface area contributed by atoms with E-state index in [4.69, 9.17) is 11.6 Å². The zero-order valence-corrected chi connectivity index (χ0v) is 11.4. The van der Waals surface area contributed by atoms with Gasteiger partial charge in [0.05, 0.1) is 0 Å². The molecule has 0 saturated carbocycles. The number of carbonyl (C=O) groups is 1. The number of halogens is 1. The number of nitrogens with zero attached hydrogens (tertiary/aromatic N) is 1. The van der Waals surface area contributed by atoms with Gasteiger partial charge in [0.25, 0.3) is 0 Å². The average molecular weight is 267 g/mol. The molecule has 1 N–H and O–H groups in total. The minimum Gasteiger partial charge on any atom is -0.325 e. The van der Waals surface area contributed by atoms with Crippen molar-refractivity contribution in [1.29, 1.82) is 0 Å². The van der Waals surface area contributed by atoms with Crippen molar-refractivity contribution < 1.29 is 4.79 Å². The van der Waals surface area contributed by atoms with Crippen LogP contribution in [0.25, 0.3) is 0 Å². The first kappa shape index (κ1) is 13.4. The molecule has 1 aliphatic rings. The van der Waals surface area contributed by atoms with Gasteiger partial charge in [-0.25, -0.2) is 0 Å². The first-order chi connectivity index (χ1) is 8.65. The van der Waals surface area contributed by atoms with E-state index in [1.54, 1.807) is 6.92 Å². The Hall–Kier alpha value is -1.06. The van der Waals surface area contributed by atoms with E-state index in [0.717, 1.165) is 12.2 Å². The molecule has 1 aromatic rings. The van der Waals surface area contributed by atoms with Crippen molar-refractivity contribution in [3.8, 4) is 0 Å². The highest BCUT2D eigenvalue weighted by atomic mass is 35.5. The second-order valence-corrected chi connectivity index (χ2v) is 5.44. The molecule has 1 atom stereocenters. The van der Waals surface area contributed by atoms with E-state index in [1.807, 2.05) is 12.1 Å². The highest BCUT2D eigenvalue weighted by Gasteiger charge is 2.12. The van der Waals surface area contributed by atoms with Crippen molar-refractivity contribution in [2.45, 2.75) is 31.7 Å². The number of benzene rings is 1. The SMILES string of the molecule is CC(Cl)C(=O)Nc1ccc(CN2CCCC2)cc1. The zero-order valence-electron chi connectivity index (χ0n) is 10.7. The Balaban J connectivity index is 1.90. The summed E-state index contributed by atoms with van der Waals surface area (Å²) in [5.41, 5.74) is 2.09. The standard InChI is InChI=1S/C14H19ClN2O/c1-11(15)14(18)16-13-6-4-12(5-7-13)10-17-8-2-3-9-17/h4-7,11H,2-3,8-10H2,1H3,(H,16,18). The van der Waals surface area contributed by atoms with E-state index >= 15 is 0 Å². The molecule has 1 aromatic carbocycles. The molecule has 18 heavy (non-hydrogen) atoms. The molecule has 0 aromatic heterocycles. The highest BCUT2D eigenvalue weighted by molar-refractivity contribution is 6.32. The number of hydrogen-bond donors (Lipinski definition) is 1. The van der Waals surface area contributed by atoms with Crippen LogP contribution in [0.15, 0.2) is 24.3 Å². The number of likely N-dealkylation sites (tertiary alicyclic amines) is 1. The van der Waals surface area contributed by atoms with Crippen LogP contribution < -0.4 is 5.32 Å². The van der Waals surface area contributed by atoms with Crippen molar-refractivity contribution >= 4 is 23.2 Å². The van der Waals surface area contributed by atoms with E-state index in [0.29, 0.717) is 0 Å². The molecule has 0 spiro atoms. The van der Waals surface area contributed by atoms with Gasteiger partial charge in [0.1, 0.15) is 5.38 Å². The third-order valence-corrected chi connectivity index (χ3v) is 3.39. The van der Waals surface area contributed by atoms with Crippen molar-refractivity contribution in [3.05, 3.63) is 29.8 Å². The fraction of sp³-hybridized carbons (Fsp3) is 0.500. The van der Waals surface area contributed by atoms with Crippen molar-refractivity contribution in [2.24, 2.45) is 0 Å². The lowest BCUT2D eigenvalue weighted by molar-refractivity contribution is -0.115. The normalized spacial score (nSPS) is 17.7. The quantitative estimate of drug-likeness (QED) is 0.850. The largest absolute Gasteiger partial charge is 0.325 e. The predicted molar refractivity (Wildman–Crippen MR) is 74.9 cm³/mol. The summed E-state index contributed by atoms with van der Waals surface area (Å²) in [5.74, 6) is -0.163. The molecule has 0 radical (unpaired) electrons. The zero-order chi connectivity index (χ0) is 13.0. The lowest BCUT2D eigenvalue weighted by Crippen LogP contribution is -2.20. The van der Waals surface area contributed by atoms with Gasteiger partial charge >= 0.3 is 0 Å². The maximum Gasteiger partial charge on any atom is 0.242 e. The second kappa shape index (κ2) is 6.21. The van der Waals surface area contributed by atoms with Crippen LogP contribution in [0.5, 0.6) is 0 Å². The average Bonchev–Trinajstić information content (AvgIpc) is 2.84. The van der Waals surface area contributed by atoms with Crippen LogP contribution >= 0.6 is 11.6 Å². The fourth-order valence-electron chi connectivity index (χ4n) is 2.13. The molecule has 1 fully saturated rings. The van der Waals surface area contributed by atoms with Crippen LogP contribution in [0.2, 0.25) is 0 Å². The number of rotatable bonds is 4. The maximum absolute atomic E-state index is 11.4. The number of hydrogen-bond acceptors (Lipinski definition) is 2. The molecule has 1 heterocycles. The first-order valence-electron chi connectivity index (χ1n) is 6.41. The van der Waals surface area contributed by atoms with Crippen molar-refractivity contribution in [1.82, 2.24) is 4.90 Å². The fourth-order valence-corrected chi connectivity index (χ4v) is 2.19. The monoisotopic (exact) mass is 266 g/mol. The van der Waals surface area contributed by atoms with Gasteiger partial charge in [0, 0.05) is 12.2 Å². The summed E-state index contributed by atoms with van der Waals surface area (Å²) >= 11 is 5.70. The van der Waals surface area contributed by atoms with Crippen molar-refractivity contribution in [2.75, 3.05) is 18.4 Å². The van der Waals surface area contributed by atoms with Crippen LogP contribution in [0, 0.1) is 0 Å². The molecule has 0 aliphatic carbocycles. The number of carbonyl (C=O) groups excluding carboxylic acids is 1. The Morgan fingerprint density at radius 3 is 2.50 bits per heavy atom. The summed E-state index contributed by atoms with van der Waals surface area (Å²) in [4.78, 5) is 13.9. The van der Waals surface area contributed by atoms with Gasteiger partial charge in [-0.15, -0.1) is 11.6 Å². The summed E-state index contributed by atoms with van der Waals surface area (Å²) in [6.07, 6.45) is 2.61. The number of nitrogens with one attached hydrogen (secondary N) is 1. The molecule has 1 aliphatic heterocycles. The summed E-state index contributed by atoms with van der Waals surface area (Å²) in [6, 6.07) is 7.99. The van der Waals surface area contributed by atoms with Crippen LogP contribution in [0.1, 0.15) is 25.3 Å². The van der Waals surface area contributed by atoms with Gasteiger partial charge in [-0.2, -0.15) is 0 Å². The molecule has 4 heteroatoms. The summed E-state index contributed by atoms with van der Waals surface area (Å²) in [6.45, 7) is 5.06. The molecule has 1 unspecified atom stereocenters. The van der Waals surface area contributed by atoms with Gasteiger partial charge < -0.3 is 5.32 Å². The number of alkyl halides is 1. The number of anilines is 1. The molecule has 1 amide bonds. The summed E-state index contributed by atoms with van der Waals surface area (Å²) < 4.78 is 0. The van der Waals surface area contributed by atoms with Gasteiger partial charge in [0.15, 0.2) is 0 Å². The summed E-state index contributed by atoms with van der Waals surface area (Å²) in [7, 11) is 0. The predicted octanol–water partition coefficient (Wildman–Crippen LogP) is 2.85. The van der Waals surface area contributed by atoms with E-state index in [-0.39, 0.29) is 5.91 Å². The minimum atomic E-state index is -0.505. The van der Waals surface area contributed by atoms with Crippen molar-refractivity contribution in [3.63, 3.8) is 0 Å². The van der Waals surface area contributed by atoms with Crippen LogP contribution in [-0.2, 0) is 11.3 Å². The smallest absolute Gasteiger partial charge is 0.242 e. The van der Waals surface area contributed by atoms with Gasteiger partial charge in [-0.3, -0.25) is 9.69 Å². The summed E-state index contributed by atoms with van der Waals surface area (Å²) in [5, 5.41) is 2.27. The third kappa shape index (κ3) is 3.72. The van der Waals surface area contributed by atoms with E-state index in [2.05, 4.69) is 22.3 Å². The molecular formula is C14H19ClN2O. The Labute approximate surface area is 113 Å². The van der Waals surface area contributed by atoms with Crippen LogP contribution in [-0.4, -0.2) is 29.3 Å². The molecule has 3 nitrogen and oxygen atoms in total. The third-order valence-electron chi connectivity index (χ3n) is 3.19. The first-order valence-corrected chi connectivity index (χ1v) is 6.85. The van der Waals surface area contributed by atoms with Crippen LogP contribution in [0.3, 0.4) is 0 Å². The molecule has 2 rings (SSSR count). The Kier molecular flexibility index (Phi) is 4.61. The molecule has 0 bridgehead atoms. The van der Waals surface area contributed by atoms with E-state index in [1.165, 1.54) is 31.5 Å². The molecule has 98 valence electrons. The maximum atomic E-state index is 11.4. The Bertz CT molecular complexity index is 397. The molecule has 1 saturated heterocycles. The molecular weight excluding hydrogens is 248 g/mol. The number of amides is 1.